The molecule has 0 aliphatic carbocycles. The lowest BCUT2D eigenvalue weighted by atomic mass is 9.90. The molecular weight excluding hydrogens is 260 g/mol. The zero-order valence-electron chi connectivity index (χ0n) is 13.8. The third-order valence-electron chi connectivity index (χ3n) is 4.42. The van der Waals surface area contributed by atoms with Gasteiger partial charge in [-0.1, -0.05) is 13.0 Å². The molecule has 1 fully saturated rings. The zero-order valence-corrected chi connectivity index (χ0v) is 13.8. The Hall–Kier alpha value is -1.22. The van der Waals surface area contributed by atoms with Crippen molar-refractivity contribution in [3.8, 4) is 5.75 Å². The van der Waals surface area contributed by atoms with Crippen LogP contribution >= 0.6 is 0 Å². The van der Waals surface area contributed by atoms with Crippen molar-refractivity contribution in [3.63, 3.8) is 0 Å². The third kappa shape index (κ3) is 4.92. The Labute approximate surface area is 129 Å². The predicted molar refractivity (Wildman–Crippen MR) is 90.2 cm³/mol. The van der Waals surface area contributed by atoms with Gasteiger partial charge in [0.25, 0.3) is 0 Å². The molecule has 0 spiro atoms. The van der Waals surface area contributed by atoms with Gasteiger partial charge in [0.1, 0.15) is 5.75 Å². The average molecular weight is 290 g/mol. The quantitative estimate of drug-likeness (QED) is 0.821. The number of rotatable bonds is 7. The maximum absolute atomic E-state index is 5.57. The number of ether oxygens (including phenoxy) is 1. The minimum atomic E-state index is 0.519. The molecule has 21 heavy (non-hydrogen) atoms. The van der Waals surface area contributed by atoms with Crippen LogP contribution in [0.15, 0.2) is 24.3 Å². The van der Waals surface area contributed by atoms with Crippen LogP contribution in [-0.2, 0) is 0 Å². The van der Waals surface area contributed by atoms with Gasteiger partial charge in [0, 0.05) is 17.8 Å². The molecule has 118 valence electrons. The van der Waals surface area contributed by atoms with E-state index in [0.29, 0.717) is 6.04 Å². The molecule has 1 aromatic carbocycles. The van der Waals surface area contributed by atoms with Crippen LogP contribution in [0.3, 0.4) is 0 Å². The summed E-state index contributed by atoms with van der Waals surface area (Å²) in [5, 5.41) is 3.66. The Bertz CT molecular complexity index is 413. The highest BCUT2D eigenvalue weighted by Crippen LogP contribution is 2.25. The number of likely N-dealkylation sites (tertiary alicyclic amines) is 1. The van der Waals surface area contributed by atoms with Gasteiger partial charge in [-0.15, -0.1) is 0 Å². The number of hydrogen-bond donors (Lipinski definition) is 1. The fourth-order valence-electron chi connectivity index (χ4n) is 3.22. The van der Waals surface area contributed by atoms with Crippen molar-refractivity contribution in [1.29, 1.82) is 0 Å². The number of nitrogens with zero attached hydrogens (tertiary/aromatic N) is 1. The molecule has 3 nitrogen and oxygen atoms in total. The first kappa shape index (κ1) is 16.2. The van der Waals surface area contributed by atoms with Crippen molar-refractivity contribution in [2.75, 3.05) is 31.6 Å². The Balaban J connectivity index is 1.84. The molecule has 0 radical (unpaired) electrons. The summed E-state index contributed by atoms with van der Waals surface area (Å²) in [7, 11) is 0. The number of nitrogens with one attached hydrogen (secondary N) is 1. The van der Waals surface area contributed by atoms with E-state index < -0.39 is 0 Å². The largest absolute Gasteiger partial charge is 0.494 e. The number of anilines is 1. The van der Waals surface area contributed by atoms with E-state index in [1.54, 1.807) is 0 Å². The molecule has 1 saturated heterocycles. The molecule has 1 heterocycles. The van der Waals surface area contributed by atoms with Gasteiger partial charge in [-0.3, -0.25) is 0 Å². The molecule has 0 aromatic heterocycles. The molecule has 0 saturated carbocycles. The first-order valence-corrected chi connectivity index (χ1v) is 8.44. The van der Waals surface area contributed by atoms with Crippen LogP contribution in [0.2, 0.25) is 0 Å². The van der Waals surface area contributed by atoms with E-state index in [2.05, 4.69) is 42.3 Å². The van der Waals surface area contributed by atoms with E-state index >= 15 is 0 Å². The third-order valence-corrected chi connectivity index (χ3v) is 4.42. The molecule has 1 aliphatic heterocycles. The molecule has 0 amide bonds. The van der Waals surface area contributed by atoms with Crippen LogP contribution in [-0.4, -0.2) is 37.2 Å². The van der Waals surface area contributed by atoms with Crippen molar-refractivity contribution in [2.45, 2.75) is 46.1 Å². The second-order valence-electron chi connectivity index (χ2n) is 6.07. The van der Waals surface area contributed by atoms with Crippen molar-refractivity contribution in [1.82, 2.24) is 4.90 Å². The first-order valence-electron chi connectivity index (χ1n) is 8.44. The van der Waals surface area contributed by atoms with Crippen LogP contribution in [0.5, 0.6) is 5.75 Å². The summed E-state index contributed by atoms with van der Waals surface area (Å²) in [6, 6.07) is 8.83. The van der Waals surface area contributed by atoms with Gasteiger partial charge in [0.15, 0.2) is 0 Å². The van der Waals surface area contributed by atoms with Gasteiger partial charge in [-0.25, -0.2) is 0 Å². The minimum Gasteiger partial charge on any atom is -0.494 e. The van der Waals surface area contributed by atoms with Crippen LogP contribution in [0.1, 0.15) is 40.0 Å². The van der Waals surface area contributed by atoms with E-state index in [9.17, 15) is 0 Å². The summed E-state index contributed by atoms with van der Waals surface area (Å²) in [6.45, 7) is 11.1. The van der Waals surface area contributed by atoms with E-state index in [1.165, 1.54) is 44.6 Å². The fourth-order valence-corrected chi connectivity index (χ4v) is 3.22. The van der Waals surface area contributed by atoms with Crippen molar-refractivity contribution in [3.05, 3.63) is 24.3 Å². The Morgan fingerprint density at radius 2 is 2.05 bits per heavy atom. The second-order valence-corrected chi connectivity index (χ2v) is 6.07. The van der Waals surface area contributed by atoms with Gasteiger partial charge in [-0.05, 0) is 70.8 Å². The summed E-state index contributed by atoms with van der Waals surface area (Å²) in [5.41, 5.74) is 1.17. The summed E-state index contributed by atoms with van der Waals surface area (Å²) in [4.78, 5) is 2.60. The fraction of sp³-hybridized carbons (Fsp3) is 0.667. The van der Waals surface area contributed by atoms with E-state index in [0.717, 1.165) is 18.3 Å². The number of hydrogen-bond acceptors (Lipinski definition) is 3. The number of benzene rings is 1. The average Bonchev–Trinajstić information content (AvgIpc) is 2.49. The summed E-state index contributed by atoms with van der Waals surface area (Å²) >= 11 is 0. The van der Waals surface area contributed by atoms with Gasteiger partial charge in [0.2, 0.25) is 0 Å². The lowest BCUT2D eigenvalue weighted by molar-refractivity contribution is 0.176. The highest BCUT2D eigenvalue weighted by Gasteiger charge is 2.23. The van der Waals surface area contributed by atoms with Crippen LogP contribution < -0.4 is 10.1 Å². The molecule has 1 aromatic rings. The van der Waals surface area contributed by atoms with Gasteiger partial charge >= 0.3 is 0 Å². The topological polar surface area (TPSA) is 24.5 Å². The Morgan fingerprint density at radius 1 is 1.29 bits per heavy atom. The normalized spacial score (nSPS) is 18.4. The maximum atomic E-state index is 5.57. The van der Waals surface area contributed by atoms with Crippen molar-refractivity contribution < 1.29 is 4.74 Å². The van der Waals surface area contributed by atoms with Crippen LogP contribution in [0.4, 0.5) is 5.69 Å². The standard InChI is InChI=1S/C18H30N2O/c1-4-11-20-12-9-16(10-13-20)15(3)19-17-7-6-8-18(14-17)21-5-2/h6-8,14-16,19H,4-5,9-13H2,1-3H3. The molecule has 1 aliphatic rings. The zero-order chi connectivity index (χ0) is 15.1. The monoisotopic (exact) mass is 290 g/mol. The minimum absolute atomic E-state index is 0.519. The van der Waals surface area contributed by atoms with Crippen LogP contribution in [0, 0.1) is 5.92 Å². The van der Waals surface area contributed by atoms with E-state index in [1.807, 2.05) is 13.0 Å². The van der Waals surface area contributed by atoms with Crippen molar-refractivity contribution in [2.24, 2.45) is 5.92 Å². The smallest absolute Gasteiger partial charge is 0.121 e. The SMILES string of the molecule is CCCN1CCC(C(C)Nc2cccc(OCC)c2)CC1. The summed E-state index contributed by atoms with van der Waals surface area (Å²) < 4.78 is 5.57. The molecule has 0 bridgehead atoms. The van der Waals surface area contributed by atoms with Gasteiger partial charge < -0.3 is 15.0 Å². The highest BCUT2D eigenvalue weighted by atomic mass is 16.5. The van der Waals surface area contributed by atoms with E-state index in [4.69, 9.17) is 4.74 Å². The predicted octanol–water partition coefficient (Wildman–Crippen LogP) is 4.01. The summed E-state index contributed by atoms with van der Waals surface area (Å²) in [6.07, 6.45) is 3.88. The summed E-state index contributed by atoms with van der Waals surface area (Å²) in [5.74, 6) is 1.72. The number of piperidine rings is 1. The first-order chi connectivity index (χ1) is 10.2. The highest BCUT2D eigenvalue weighted by molar-refractivity contribution is 5.48. The molecule has 2 rings (SSSR count). The lowest BCUT2D eigenvalue weighted by Crippen LogP contribution is -2.39. The second kappa shape index (κ2) is 8.28. The Morgan fingerprint density at radius 3 is 2.71 bits per heavy atom. The molecule has 1 N–H and O–H groups in total. The molecule has 1 unspecified atom stereocenters. The van der Waals surface area contributed by atoms with E-state index in [-0.39, 0.29) is 0 Å². The molecule has 3 heteroatoms. The van der Waals surface area contributed by atoms with Crippen molar-refractivity contribution >= 4 is 5.69 Å². The van der Waals surface area contributed by atoms with Gasteiger partial charge in [-0.2, -0.15) is 0 Å². The maximum Gasteiger partial charge on any atom is 0.121 e. The molecule has 1 atom stereocenters. The molecular formula is C18H30N2O. The van der Waals surface area contributed by atoms with Crippen LogP contribution in [0.25, 0.3) is 0 Å². The Kier molecular flexibility index (Phi) is 6.37. The van der Waals surface area contributed by atoms with Gasteiger partial charge in [0.05, 0.1) is 6.61 Å². The lowest BCUT2D eigenvalue weighted by Gasteiger charge is -2.35.